The summed E-state index contributed by atoms with van der Waals surface area (Å²) in [5.74, 6) is 0.917. The van der Waals surface area contributed by atoms with Crippen molar-refractivity contribution in [1.29, 1.82) is 0 Å². The summed E-state index contributed by atoms with van der Waals surface area (Å²) in [5.41, 5.74) is 5.98. The second-order valence-electron chi connectivity index (χ2n) is 8.02. The maximum atomic E-state index is 4.68. The van der Waals surface area contributed by atoms with Gasteiger partial charge >= 0.3 is 5.82 Å². The summed E-state index contributed by atoms with van der Waals surface area (Å²) in [7, 11) is 0. The second-order valence-corrected chi connectivity index (χ2v) is 8.02. The molecule has 2 aromatic carbocycles. The number of aromatic nitrogens is 2. The van der Waals surface area contributed by atoms with Gasteiger partial charge in [-0.2, -0.15) is 4.57 Å². The van der Waals surface area contributed by atoms with E-state index in [1.54, 1.807) is 0 Å². The molecule has 2 nitrogen and oxygen atoms in total. The highest BCUT2D eigenvalue weighted by atomic mass is 15.1. The Balaban J connectivity index is 2.11. The lowest BCUT2D eigenvalue weighted by Gasteiger charge is -2.22. The Morgan fingerprint density at radius 2 is 1.14 bits per heavy atom. The molecule has 0 unspecified atom stereocenters. The summed E-state index contributed by atoms with van der Waals surface area (Å²) >= 11 is 0. The van der Waals surface area contributed by atoms with Gasteiger partial charge in [0, 0.05) is 17.2 Å². The van der Waals surface area contributed by atoms with Crippen LogP contribution in [0.25, 0.3) is 28.3 Å². The molecule has 2 aromatic heterocycles. The molecule has 0 bridgehead atoms. The summed E-state index contributed by atoms with van der Waals surface area (Å²) in [5, 5.41) is 0. The van der Waals surface area contributed by atoms with Crippen molar-refractivity contribution in [3.63, 3.8) is 0 Å². The van der Waals surface area contributed by atoms with Crippen LogP contribution in [0.1, 0.15) is 26.3 Å². The molecule has 0 aliphatic rings. The van der Waals surface area contributed by atoms with E-state index in [0.717, 1.165) is 17.2 Å². The fraction of sp³-hybridized carbons (Fsp3) is 0.154. The first-order valence-corrected chi connectivity index (χ1v) is 9.67. The van der Waals surface area contributed by atoms with E-state index in [-0.39, 0.29) is 5.41 Å². The smallest absolute Gasteiger partial charge is 0.189 e. The van der Waals surface area contributed by atoms with Gasteiger partial charge in [-0.05, 0) is 34.2 Å². The molecule has 4 aromatic rings. The van der Waals surface area contributed by atoms with Gasteiger partial charge in [0.1, 0.15) is 17.6 Å². The van der Waals surface area contributed by atoms with E-state index in [0.29, 0.717) is 0 Å². The number of hydrogen-bond acceptors (Lipinski definition) is 1. The highest BCUT2D eigenvalue weighted by molar-refractivity contribution is 5.64. The zero-order valence-corrected chi connectivity index (χ0v) is 16.6. The second kappa shape index (κ2) is 7.40. The molecule has 0 saturated heterocycles. The van der Waals surface area contributed by atoms with Crippen LogP contribution >= 0.6 is 0 Å². The van der Waals surface area contributed by atoms with E-state index in [9.17, 15) is 0 Å². The number of nitrogens with zero attached hydrogens (tertiary/aromatic N) is 2. The zero-order chi connectivity index (χ0) is 19.6. The lowest BCUT2D eigenvalue weighted by atomic mass is 9.85. The van der Waals surface area contributed by atoms with Crippen LogP contribution in [0, 0.1) is 0 Å². The number of pyridine rings is 2. The number of rotatable bonds is 3. The van der Waals surface area contributed by atoms with Crippen molar-refractivity contribution in [2.24, 2.45) is 0 Å². The van der Waals surface area contributed by atoms with Crippen LogP contribution in [0.15, 0.2) is 97.2 Å². The van der Waals surface area contributed by atoms with E-state index >= 15 is 0 Å². The zero-order valence-electron chi connectivity index (χ0n) is 16.6. The molecule has 0 N–H and O–H groups in total. The molecule has 2 heterocycles. The van der Waals surface area contributed by atoms with Gasteiger partial charge < -0.3 is 0 Å². The molecule has 0 aliphatic heterocycles. The van der Waals surface area contributed by atoms with E-state index in [2.05, 4.69) is 109 Å². The first kappa shape index (κ1) is 18.1. The Labute approximate surface area is 167 Å². The van der Waals surface area contributed by atoms with Gasteiger partial charge in [0.05, 0.1) is 0 Å². The molecule has 0 fully saturated rings. The fourth-order valence-electron chi connectivity index (χ4n) is 3.40. The topological polar surface area (TPSA) is 16.8 Å². The van der Waals surface area contributed by atoms with Crippen molar-refractivity contribution in [1.82, 2.24) is 4.98 Å². The van der Waals surface area contributed by atoms with Gasteiger partial charge in [0.15, 0.2) is 0 Å². The molecule has 0 saturated carbocycles. The Kier molecular flexibility index (Phi) is 4.79. The van der Waals surface area contributed by atoms with Gasteiger partial charge in [-0.3, -0.25) is 0 Å². The fourth-order valence-corrected chi connectivity index (χ4v) is 3.40. The van der Waals surface area contributed by atoms with Gasteiger partial charge in [0.2, 0.25) is 0 Å². The molecule has 138 valence electrons. The first-order chi connectivity index (χ1) is 13.5. The minimum atomic E-state index is 0.0380. The average molecular weight is 366 g/mol. The third-order valence-corrected chi connectivity index (χ3v) is 4.95. The minimum Gasteiger partial charge on any atom is -0.189 e. The van der Waals surface area contributed by atoms with Crippen molar-refractivity contribution in [3.8, 4) is 28.3 Å². The Morgan fingerprint density at radius 1 is 0.643 bits per heavy atom. The maximum absolute atomic E-state index is 4.68. The molecule has 0 aliphatic carbocycles. The molecule has 28 heavy (non-hydrogen) atoms. The van der Waals surface area contributed by atoms with Crippen LogP contribution < -0.4 is 4.57 Å². The van der Waals surface area contributed by atoms with Gasteiger partial charge in [-0.25, -0.2) is 0 Å². The summed E-state index contributed by atoms with van der Waals surface area (Å²) in [4.78, 5) is 4.68. The van der Waals surface area contributed by atoms with E-state index in [4.69, 9.17) is 0 Å². The minimum absolute atomic E-state index is 0.0380. The van der Waals surface area contributed by atoms with Crippen molar-refractivity contribution in [2.45, 2.75) is 26.2 Å². The van der Waals surface area contributed by atoms with Gasteiger partial charge in [-0.1, -0.05) is 87.5 Å². The lowest BCUT2D eigenvalue weighted by molar-refractivity contribution is -0.576. The summed E-state index contributed by atoms with van der Waals surface area (Å²) in [6, 6.07) is 31.8. The molecule has 0 amide bonds. The largest absolute Gasteiger partial charge is 0.328 e. The third kappa shape index (κ3) is 3.59. The van der Waals surface area contributed by atoms with Crippen molar-refractivity contribution >= 4 is 0 Å². The molecule has 0 spiro atoms. The van der Waals surface area contributed by atoms with Crippen LogP contribution in [-0.4, -0.2) is 4.98 Å². The first-order valence-electron chi connectivity index (χ1n) is 9.67. The highest BCUT2D eigenvalue weighted by Gasteiger charge is 2.25. The van der Waals surface area contributed by atoms with Crippen LogP contribution in [-0.2, 0) is 5.41 Å². The SMILES string of the molecule is CC(C)(C)c1cc(-c2ccccc2)[n+](-c2ccccn2)c(-c2ccccc2)c1. The predicted octanol–water partition coefficient (Wildman–Crippen LogP) is 5.99. The Bertz CT molecular complexity index is 1000. The van der Waals surface area contributed by atoms with E-state index in [1.165, 1.54) is 16.7 Å². The predicted molar refractivity (Wildman–Crippen MR) is 115 cm³/mol. The third-order valence-electron chi connectivity index (χ3n) is 4.95. The quantitative estimate of drug-likeness (QED) is 0.408. The summed E-state index contributed by atoms with van der Waals surface area (Å²) < 4.78 is 2.26. The number of hydrogen-bond donors (Lipinski definition) is 0. The van der Waals surface area contributed by atoms with Gasteiger partial charge in [0.25, 0.3) is 0 Å². The highest BCUT2D eigenvalue weighted by Crippen LogP contribution is 2.30. The van der Waals surface area contributed by atoms with Crippen molar-refractivity contribution in [3.05, 3.63) is 103 Å². The Hall–Kier alpha value is -3.26. The number of benzene rings is 2. The van der Waals surface area contributed by atoms with Crippen LogP contribution in [0.3, 0.4) is 0 Å². The molecule has 2 heteroatoms. The van der Waals surface area contributed by atoms with Crippen LogP contribution in [0.4, 0.5) is 0 Å². The molecule has 0 atom stereocenters. The standard InChI is InChI=1S/C26H25N2/c1-26(2,3)22-18-23(20-12-6-4-7-13-20)28(25-16-10-11-17-27-25)24(19-22)21-14-8-5-9-15-21/h4-19H,1-3H3/q+1. The monoisotopic (exact) mass is 365 g/mol. The van der Waals surface area contributed by atoms with Crippen LogP contribution in [0.2, 0.25) is 0 Å². The van der Waals surface area contributed by atoms with Gasteiger partial charge in [-0.15, -0.1) is 0 Å². The van der Waals surface area contributed by atoms with E-state index < -0.39 is 0 Å². The summed E-state index contributed by atoms with van der Waals surface area (Å²) in [6.45, 7) is 6.78. The van der Waals surface area contributed by atoms with E-state index in [1.807, 2.05) is 18.3 Å². The summed E-state index contributed by atoms with van der Waals surface area (Å²) in [6.07, 6.45) is 1.85. The molecular weight excluding hydrogens is 340 g/mol. The maximum Gasteiger partial charge on any atom is 0.328 e. The van der Waals surface area contributed by atoms with Crippen molar-refractivity contribution in [2.75, 3.05) is 0 Å². The Morgan fingerprint density at radius 3 is 1.57 bits per heavy atom. The molecule has 4 rings (SSSR count). The lowest BCUT2D eigenvalue weighted by Crippen LogP contribution is -2.38. The molecular formula is C26H25N2+. The molecule has 0 radical (unpaired) electrons. The normalized spacial score (nSPS) is 11.4. The average Bonchev–Trinajstić information content (AvgIpc) is 2.74. The van der Waals surface area contributed by atoms with Crippen molar-refractivity contribution < 1.29 is 4.57 Å². The van der Waals surface area contributed by atoms with Crippen LogP contribution in [0.5, 0.6) is 0 Å².